The van der Waals surface area contributed by atoms with Gasteiger partial charge in [-0.15, -0.1) is 34.5 Å². The second-order valence-corrected chi connectivity index (χ2v) is 16.6. The van der Waals surface area contributed by atoms with Crippen LogP contribution in [0.5, 0.6) is 0 Å². The van der Waals surface area contributed by atoms with E-state index in [1.54, 1.807) is 16.3 Å². The third-order valence-electron chi connectivity index (χ3n) is 8.95. The minimum atomic E-state index is -1.19. The van der Waals surface area contributed by atoms with Crippen LogP contribution in [0.3, 0.4) is 0 Å². The summed E-state index contributed by atoms with van der Waals surface area (Å²) < 4.78 is 2.47. The van der Waals surface area contributed by atoms with Gasteiger partial charge in [0.25, 0.3) is 0 Å². The molecule has 2 bridgehead atoms. The number of hydrogen-bond acceptors (Lipinski definition) is 0. The first-order valence-corrected chi connectivity index (χ1v) is 17.6. The molecule has 3 aliphatic rings. The second kappa shape index (κ2) is 13.7. The summed E-state index contributed by atoms with van der Waals surface area (Å²) in [6, 6.07) is 33.4. The van der Waals surface area contributed by atoms with Crippen LogP contribution in [0.2, 0.25) is 13.1 Å². The van der Waals surface area contributed by atoms with Crippen molar-refractivity contribution in [3.05, 3.63) is 125 Å². The zero-order chi connectivity index (χ0) is 27.3. The fourth-order valence-electron chi connectivity index (χ4n) is 7.29. The van der Waals surface area contributed by atoms with Crippen LogP contribution < -0.4 is 24.8 Å². The Kier molecular flexibility index (Phi) is 11.3. The molecule has 1 unspecified atom stereocenters. The van der Waals surface area contributed by atoms with E-state index in [1.807, 2.05) is 0 Å². The zero-order valence-electron chi connectivity index (χ0n) is 25.6. The summed E-state index contributed by atoms with van der Waals surface area (Å²) in [5.41, 5.74) is 13.7. The molecule has 1 radical (unpaired) electrons. The molecule has 0 saturated carbocycles. The van der Waals surface area contributed by atoms with Crippen LogP contribution >= 0.6 is 0 Å². The fraction of sp³-hybridized carbons (Fsp3) is 0.270. The molecule has 8 rings (SSSR count). The predicted molar refractivity (Wildman–Crippen MR) is 172 cm³/mol. The number of hydrogen-bond donors (Lipinski definition) is 0. The van der Waals surface area contributed by atoms with Crippen molar-refractivity contribution in [1.82, 2.24) is 4.57 Å². The molecule has 0 spiro atoms. The van der Waals surface area contributed by atoms with Gasteiger partial charge in [0, 0.05) is 22.6 Å². The standard InChI is InChI=1S/C20H21.C17H19NSi.2ClH.Zr/c1-3-4-6-16-9-11-17(12-10-16)19-8-5-7-18-13-15(2)14-20(18)19;1-11-10-14-15(17-12(2)16(14)19(17,3)4)18(11)13-8-6-5-7-9-13;;;/h5,7-14H,3-4,6H2,1-2H3;5-10,16H,1-4H3;2*1H;/q-1;;;;+3/p-2. The van der Waals surface area contributed by atoms with Gasteiger partial charge in [-0.05, 0) is 66.8 Å². The van der Waals surface area contributed by atoms with Crippen LogP contribution in [-0.2, 0) is 32.6 Å². The molecule has 42 heavy (non-hydrogen) atoms. The van der Waals surface area contributed by atoms with Gasteiger partial charge in [0.1, 0.15) is 0 Å². The Morgan fingerprint density at radius 2 is 1.52 bits per heavy atom. The van der Waals surface area contributed by atoms with Crippen molar-refractivity contribution < 1.29 is 51.0 Å². The molecule has 0 N–H and O–H groups in total. The number of allylic oxidation sites excluding steroid dienone is 1. The molecule has 0 fully saturated rings. The minimum Gasteiger partial charge on any atom is -1.00 e. The van der Waals surface area contributed by atoms with Crippen molar-refractivity contribution >= 4 is 24.0 Å². The van der Waals surface area contributed by atoms with E-state index in [9.17, 15) is 0 Å². The Bertz CT molecular complexity index is 1690. The summed E-state index contributed by atoms with van der Waals surface area (Å²) in [5, 5.41) is 4.42. The number of benzene rings is 3. The molecule has 1 nitrogen and oxygen atoms in total. The topological polar surface area (TPSA) is 4.93 Å². The number of halogens is 2. The van der Waals surface area contributed by atoms with Gasteiger partial charge in [-0.3, -0.25) is 0 Å². The molecule has 5 aromatic rings. The van der Waals surface area contributed by atoms with Crippen molar-refractivity contribution in [1.29, 1.82) is 0 Å². The molecule has 215 valence electrons. The fourth-order valence-corrected chi connectivity index (χ4v) is 11.6. The Balaban J connectivity index is 0.000000215. The summed E-state index contributed by atoms with van der Waals surface area (Å²) in [7, 11) is -1.19. The molecule has 0 saturated heterocycles. The van der Waals surface area contributed by atoms with Gasteiger partial charge in [0.2, 0.25) is 0 Å². The first-order chi connectivity index (χ1) is 18.8. The molecule has 5 heteroatoms. The Labute approximate surface area is 284 Å². The van der Waals surface area contributed by atoms with Crippen LogP contribution in [0.15, 0.2) is 96.6 Å². The van der Waals surface area contributed by atoms with E-state index in [1.165, 1.54) is 69.4 Å². The summed E-state index contributed by atoms with van der Waals surface area (Å²) >= 11 is 0. The van der Waals surface area contributed by atoms with Gasteiger partial charge in [-0.1, -0.05) is 93.0 Å². The summed E-state index contributed by atoms with van der Waals surface area (Å²) in [6.07, 6.45) is 3.72. The van der Waals surface area contributed by atoms with Gasteiger partial charge in [0.15, 0.2) is 0 Å². The third kappa shape index (κ3) is 5.88. The molecular weight excluding hydrogens is 649 g/mol. The predicted octanol–water partition coefficient (Wildman–Crippen LogP) is 4.34. The van der Waals surface area contributed by atoms with E-state index in [4.69, 9.17) is 0 Å². The van der Waals surface area contributed by atoms with Gasteiger partial charge >= 0.3 is 26.2 Å². The Morgan fingerprint density at radius 3 is 2.17 bits per heavy atom. The van der Waals surface area contributed by atoms with E-state index in [2.05, 4.69) is 136 Å². The van der Waals surface area contributed by atoms with Crippen molar-refractivity contribution in [2.24, 2.45) is 0 Å². The van der Waals surface area contributed by atoms with Gasteiger partial charge in [0.05, 0.1) is 8.07 Å². The average Bonchev–Trinajstić information content (AvgIpc) is 3.61. The zero-order valence-corrected chi connectivity index (χ0v) is 30.5. The molecule has 4 aromatic carbocycles. The van der Waals surface area contributed by atoms with Crippen LogP contribution in [0, 0.1) is 13.8 Å². The first kappa shape index (κ1) is 34.5. The molecule has 3 heterocycles. The number of fused-ring (bicyclic) bond motifs is 1. The van der Waals surface area contributed by atoms with E-state index < -0.39 is 8.07 Å². The number of para-hydroxylation sites is 1. The minimum absolute atomic E-state index is 0. The average molecular weight is 689 g/mol. The third-order valence-corrected chi connectivity index (χ3v) is 13.1. The van der Waals surface area contributed by atoms with Crippen molar-refractivity contribution in [2.45, 2.75) is 65.6 Å². The molecule has 0 amide bonds. The van der Waals surface area contributed by atoms with E-state index >= 15 is 0 Å². The summed E-state index contributed by atoms with van der Waals surface area (Å²) in [6.45, 7) is 14.0. The van der Waals surface area contributed by atoms with Crippen LogP contribution in [0.25, 0.3) is 32.8 Å². The molecule has 1 atom stereocenters. The SMILES string of the molecule is CC1=C2c3c(cc(C)n3-c3ccccc3)C1[Si]2(C)C.CCCCc1ccc(-c2cccc3[cH-]c(C)cc23)cc1.[Cl-].[Cl-].[Zr+3]. The monoisotopic (exact) mass is 686 g/mol. The molecule has 1 aromatic heterocycles. The Hall–Kier alpha value is -2.03. The number of rotatable bonds is 5. The maximum Gasteiger partial charge on any atom is 3.00 e. The number of nitrogens with zero attached hydrogens (tertiary/aromatic N) is 1. The number of unbranched alkanes of at least 4 members (excludes halogenated alkanes) is 1. The van der Waals surface area contributed by atoms with Crippen molar-refractivity contribution in [3.63, 3.8) is 0 Å². The maximum atomic E-state index is 2.52. The van der Waals surface area contributed by atoms with Crippen molar-refractivity contribution in [3.8, 4) is 16.8 Å². The smallest absolute Gasteiger partial charge is 1.00 e. The second-order valence-electron chi connectivity index (χ2n) is 12.1. The number of aryl methyl sites for hydroxylation is 3. The first-order valence-electron chi connectivity index (χ1n) is 14.6. The molecule has 1 aliphatic carbocycles. The maximum absolute atomic E-state index is 2.52. The van der Waals surface area contributed by atoms with E-state index in [0.29, 0.717) is 0 Å². The van der Waals surface area contributed by atoms with E-state index in [-0.39, 0.29) is 51.0 Å². The van der Waals surface area contributed by atoms with Gasteiger partial charge in [-0.2, -0.15) is 6.07 Å². The summed E-state index contributed by atoms with van der Waals surface area (Å²) in [5.74, 6) is 0. The van der Waals surface area contributed by atoms with Crippen LogP contribution in [-0.4, -0.2) is 12.6 Å². The molecule has 2 aliphatic heterocycles. The quantitative estimate of drug-likeness (QED) is 0.192. The van der Waals surface area contributed by atoms with Crippen molar-refractivity contribution in [2.75, 3.05) is 0 Å². The van der Waals surface area contributed by atoms with Gasteiger partial charge < -0.3 is 29.4 Å². The Morgan fingerprint density at radius 1 is 0.833 bits per heavy atom. The largest absolute Gasteiger partial charge is 3.00 e. The van der Waals surface area contributed by atoms with Crippen LogP contribution in [0.1, 0.15) is 60.3 Å². The van der Waals surface area contributed by atoms with Crippen LogP contribution in [0.4, 0.5) is 0 Å². The van der Waals surface area contributed by atoms with Gasteiger partial charge in [-0.25, -0.2) is 0 Å². The number of aromatic nitrogens is 1. The molecular formula is C37H40Cl2NSiZr. The van der Waals surface area contributed by atoms with E-state index in [0.717, 1.165) is 5.54 Å². The summed E-state index contributed by atoms with van der Waals surface area (Å²) in [4.78, 5) is 0. The normalized spacial score (nSPS) is 15.4.